The van der Waals surface area contributed by atoms with Crippen LogP contribution in [0.3, 0.4) is 0 Å². The summed E-state index contributed by atoms with van der Waals surface area (Å²) in [6.45, 7) is 4.82. The molecule has 0 radical (unpaired) electrons. The van der Waals surface area contributed by atoms with Crippen molar-refractivity contribution in [2.75, 3.05) is 0 Å². The molecular weight excluding hydrogens is 305 g/mol. The Kier molecular flexibility index (Phi) is 4.72. The minimum atomic E-state index is -0.220. The van der Waals surface area contributed by atoms with Crippen LogP contribution in [0.1, 0.15) is 29.7 Å². The standard InChI is InChI=1S/C16H17BrFN/c1-11-6-8-13(9-7-11)12(2)19-10-14-4-3-5-15(18)16(14)17/h3-9,12,19H,10H2,1-2H3. The second-order valence-electron chi connectivity index (χ2n) is 4.73. The lowest BCUT2D eigenvalue weighted by Crippen LogP contribution is -2.18. The van der Waals surface area contributed by atoms with Crippen LogP contribution in [0.4, 0.5) is 4.39 Å². The monoisotopic (exact) mass is 321 g/mol. The summed E-state index contributed by atoms with van der Waals surface area (Å²) in [6.07, 6.45) is 0. The molecule has 19 heavy (non-hydrogen) atoms. The molecule has 2 aromatic carbocycles. The van der Waals surface area contributed by atoms with Crippen LogP contribution >= 0.6 is 15.9 Å². The quantitative estimate of drug-likeness (QED) is 0.857. The van der Waals surface area contributed by atoms with E-state index in [2.05, 4.69) is 59.4 Å². The smallest absolute Gasteiger partial charge is 0.137 e. The number of halogens is 2. The molecule has 0 amide bonds. The van der Waals surface area contributed by atoms with Gasteiger partial charge < -0.3 is 5.32 Å². The highest BCUT2D eigenvalue weighted by molar-refractivity contribution is 9.10. The fourth-order valence-electron chi connectivity index (χ4n) is 1.92. The number of rotatable bonds is 4. The Morgan fingerprint density at radius 1 is 1.16 bits per heavy atom. The molecular formula is C16H17BrFN. The van der Waals surface area contributed by atoms with E-state index in [4.69, 9.17) is 0 Å². The molecule has 0 aliphatic rings. The van der Waals surface area contributed by atoms with Crippen LogP contribution in [-0.4, -0.2) is 0 Å². The van der Waals surface area contributed by atoms with Crippen LogP contribution in [0.15, 0.2) is 46.9 Å². The van der Waals surface area contributed by atoms with E-state index in [1.807, 2.05) is 6.07 Å². The number of hydrogen-bond acceptors (Lipinski definition) is 1. The van der Waals surface area contributed by atoms with Crippen molar-refractivity contribution < 1.29 is 4.39 Å². The topological polar surface area (TPSA) is 12.0 Å². The molecule has 3 heteroatoms. The summed E-state index contributed by atoms with van der Waals surface area (Å²) in [7, 11) is 0. The Balaban J connectivity index is 2.02. The SMILES string of the molecule is Cc1ccc(C(C)NCc2cccc(F)c2Br)cc1. The van der Waals surface area contributed by atoms with Gasteiger partial charge in [0, 0.05) is 12.6 Å². The second-order valence-corrected chi connectivity index (χ2v) is 5.52. The lowest BCUT2D eigenvalue weighted by Gasteiger charge is -2.15. The van der Waals surface area contributed by atoms with E-state index in [-0.39, 0.29) is 11.9 Å². The summed E-state index contributed by atoms with van der Waals surface area (Å²) < 4.78 is 13.9. The van der Waals surface area contributed by atoms with Crippen LogP contribution in [0, 0.1) is 12.7 Å². The van der Waals surface area contributed by atoms with Crippen molar-refractivity contribution in [2.45, 2.75) is 26.4 Å². The van der Waals surface area contributed by atoms with E-state index in [0.717, 1.165) is 5.56 Å². The van der Waals surface area contributed by atoms with Gasteiger partial charge in [0.2, 0.25) is 0 Å². The maximum atomic E-state index is 13.4. The van der Waals surface area contributed by atoms with E-state index in [1.165, 1.54) is 17.2 Å². The van der Waals surface area contributed by atoms with Crippen molar-refractivity contribution in [1.82, 2.24) is 5.32 Å². The van der Waals surface area contributed by atoms with E-state index in [9.17, 15) is 4.39 Å². The summed E-state index contributed by atoms with van der Waals surface area (Å²) in [6, 6.07) is 13.8. The second kappa shape index (κ2) is 6.31. The third kappa shape index (κ3) is 3.64. The van der Waals surface area contributed by atoms with Crippen LogP contribution in [-0.2, 0) is 6.54 Å². The summed E-state index contributed by atoms with van der Waals surface area (Å²) in [5.41, 5.74) is 3.42. The summed E-state index contributed by atoms with van der Waals surface area (Å²) in [4.78, 5) is 0. The first-order chi connectivity index (χ1) is 9.08. The predicted molar refractivity (Wildman–Crippen MR) is 80.5 cm³/mol. The van der Waals surface area contributed by atoms with E-state index >= 15 is 0 Å². The maximum Gasteiger partial charge on any atom is 0.137 e. The van der Waals surface area contributed by atoms with Crippen molar-refractivity contribution in [2.24, 2.45) is 0 Å². The normalized spacial score (nSPS) is 12.4. The molecule has 0 saturated heterocycles. The molecule has 0 spiro atoms. The highest BCUT2D eigenvalue weighted by atomic mass is 79.9. The molecule has 1 nitrogen and oxygen atoms in total. The Labute approximate surface area is 122 Å². The zero-order chi connectivity index (χ0) is 13.8. The Hall–Kier alpha value is -1.19. The number of benzene rings is 2. The van der Waals surface area contributed by atoms with E-state index < -0.39 is 0 Å². The number of nitrogens with one attached hydrogen (secondary N) is 1. The van der Waals surface area contributed by atoms with Gasteiger partial charge in [-0.2, -0.15) is 0 Å². The zero-order valence-corrected chi connectivity index (χ0v) is 12.7. The van der Waals surface area contributed by atoms with Gasteiger partial charge >= 0.3 is 0 Å². The lowest BCUT2D eigenvalue weighted by atomic mass is 10.1. The van der Waals surface area contributed by atoms with Crippen molar-refractivity contribution in [3.05, 3.63) is 69.4 Å². The molecule has 0 bridgehead atoms. The highest BCUT2D eigenvalue weighted by Gasteiger charge is 2.08. The molecule has 2 rings (SSSR count). The molecule has 0 aliphatic carbocycles. The Bertz CT molecular complexity index is 551. The molecule has 0 aliphatic heterocycles. The van der Waals surface area contributed by atoms with Gasteiger partial charge in [-0.25, -0.2) is 4.39 Å². The minimum Gasteiger partial charge on any atom is -0.306 e. The van der Waals surface area contributed by atoms with E-state index in [0.29, 0.717) is 11.0 Å². The minimum absolute atomic E-state index is 0.220. The lowest BCUT2D eigenvalue weighted by molar-refractivity contribution is 0.566. The van der Waals surface area contributed by atoms with Gasteiger partial charge in [0.05, 0.1) is 4.47 Å². The van der Waals surface area contributed by atoms with Crippen LogP contribution in [0.5, 0.6) is 0 Å². The Morgan fingerprint density at radius 2 is 1.84 bits per heavy atom. The van der Waals surface area contributed by atoms with Gasteiger partial charge in [-0.05, 0) is 47.0 Å². The summed E-state index contributed by atoms with van der Waals surface area (Å²) in [5.74, 6) is -0.220. The van der Waals surface area contributed by atoms with Gasteiger partial charge in [0.25, 0.3) is 0 Å². The molecule has 1 atom stereocenters. The molecule has 100 valence electrons. The first-order valence-electron chi connectivity index (χ1n) is 6.31. The zero-order valence-electron chi connectivity index (χ0n) is 11.1. The van der Waals surface area contributed by atoms with Gasteiger partial charge in [-0.1, -0.05) is 42.0 Å². The first-order valence-corrected chi connectivity index (χ1v) is 7.10. The van der Waals surface area contributed by atoms with Crippen molar-refractivity contribution in [3.63, 3.8) is 0 Å². The van der Waals surface area contributed by atoms with Crippen molar-refractivity contribution in [3.8, 4) is 0 Å². The third-order valence-corrected chi connectivity index (χ3v) is 4.10. The third-order valence-electron chi connectivity index (χ3n) is 3.21. The van der Waals surface area contributed by atoms with Crippen molar-refractivity contribution in [1.29, 1.82) is 0 Å². The van der Waals surface area contributed by atoms with Crippen LogP contribution in [0.2, 0.25) is 0 Å². The van der Waals surface area contributed by atoms with E-state index in [1.54, 1.807) is 6.07 Å². The molecule has 1 unspecified atom stereocenters. The maximum absolute atomic E-state index is 13.4. The largest absolute Gasteiger partial charge is 0.306 e. The molecule has 1 N–H and O–H groups in total. The van der Waals surface area contributed by atoms with Crippen LogP contribution in [0.25, 0.3) is 0 Å². The van der Waals surface area contributed by atoms with Gasteiger partial charge in [0.15, 0.2) is 0 Å². The summed E-state index contributed by atoms with van der Waals surface area (Å²) in [5, 5.41) is 3.41. The molecule has 2 aromatic rings. The van der Waals surface area contributed by atoms with Crippen LogP contribution < -0.4 is 5.32 Å². The fraction of sp³-hybridized carbons (Fsp3) is 0.250. The number of aryl methyl sites for hydroxylation is 1. The number of hydrogen-bond donors (Lipinski definition) is 1. The van der Waals surface area contributed by atoms with Crippen molar-refractivity contribution >= 4 is 15.9 Å². The average Bonchev–Trinajstić information content (AvgIpc) is 2.41. The summed E-state index contributed by atoms with van der Waals surface area (Å²) >= 11 is 3.28. The van der Waals surface area contributed by atoms with Gasteiger partial charge in [-0.15, -0.1) is 0 Å². The fourth-order valence-corrected chi connectivity index (χ4v) is 2.33. The Morgan fingerprint density at radius 3 is 2.53 bits per heavy atom. The molecule has 0 aromatic heterocycles. The highest BCUT2D eigenvalue weighted by Crippen LogP contribution is 2.21. The van der Waals surface area contributed by atoms with Gasteiger partial charge in [-0.3, -0.25) is 0 Å². The average molecular weight is 322 g/mol. The first kappa shape index (κ1) is 14.2. The van der Waals surface area contributed by atoms with Gasteiger partial charge in [0.1, 0.15) is 5.82 Å². The molecule has 0 fully saturated rings. The predicted octanol–water partition coefficient (Wildman–Crippen LogP) is 4.75. The molecule has 0 saturated carbocycles. The molecule has 0 heterocycles.